The predicted octanol–water partition coefficient (Wildman–Crippen LogP) is 2.13. The number of likely N-dealkylation sites (tertiary alicyclic amines) is 1. The van der Waals surface area contributed by atoms with E-state index in [2.05, 4.69) is 4.90 Å². The van der Waals surface area contributed by atoms with Crippen molar-refractivity contribution in [2.24, 2.45) is 0 Å². The molecule has 3 rings (SSSR count). The summed E-state index contributed by atoms with van der Waals surface area (Å²) in [4.78, 5) is 30.6. The molecule has 0 aromatic heterocycles. The van der Waals surface area contributed by atoms with E-state index in [0.29, 0.717) is 49.2 Å². The molecule has 28 heavy (non-hydrogen) atoms. The van der Waals surface area contributed by atoms with E-state index in [9.17, 15) is 14.7 Å². The van der Waals surface area contributed by atoms with Gasteiger partial charge in [0.25, 0.3) is 0 Å². The zero-order valence-electron chi connectivity index (χ0n) is 15.7. The fourth-order valence-electron chi connectivity index (χ4n) is 3.49. The molecular formula is C20H25Cl2N3O3. The third-order valence-electron chi connectivity index (χ3n) is 5.20. The molecule has 1 unspecified atom stereocenters. The van der Waals surface area contributed by atoms with Gasteiger partial charge in [0, 0.05) is 58.3 Å². The monoisotopic (exact) mass is 425 g/mol. The number of amides is 2. The molecule has 0 aliphatic carbocycles. The van der Waals surface area contributed by atoms with Crippen LogP contribution in [0, 0.1) is 0 Å². The molecule has 0 radical (unpaired) electrons. The van der Waals surface area contributed by atoms with Crippen molar-refractivity contribution in [2.75, 3.05) is 45.8 Å². The normalized spacial score (nSPS) is 21.5. The Morgan fingerprint density at radius 2 is 1.96 bits per heavy atom. The number of benzene rings is 1. The topological polar surface area (TPSA) is 64.1 Å². The minimum Gasteiger partial charge on any atom is -0.392 e. The van der Waals surface area contributed by atoms with Crippen LogP contribution in [0.5, 0.6) is 0 Å². The van der Waals surface area contributed by atoms with Crippen LogP contribution in [0.3, 0.4) is 0 Å². The molecule has 2 aliphatic heterocycles. The molecule has 0 saturated carbocycles. The second-order valence-corrected chi connectivity index (χ2v) is 8.02. The van der Waals surface area contributed by atoms with Gasteiger partial charge in [0.2, 0.25) is 11.8 Å². The summed E-state index contributed by atoms with van der Waals surface area (Å²) in [5.41, 5.74) is 0.795. The van der Waals surface area contributed by atoms with Crippen LogP contribution >= 0.6 is 23.2 Å². The van der Waals surface area contributed by atoms with Gasteiger partial charge in [-0.2, -0.15) is 0 Å². The Bertz CT molecular complexity index is 756. The lowest BCUT2D eigenvalue weighted by Gasteiger charge is -2.24. The third-order valence-corrected chi connectivity index (χ3v) is 5.93. The van der Waals surface area contributed by atoms with Crippen molar-refractivity contribution < 1.29 is 14.7 Å². The van der Waals surface area contributed by atoms with Crippen LogP contribution in [0.2, 0.25) is 10.0 Å². The molecule has 2 heterocycles. The average molecular weight is 426 g/mol. The highest BCUT2D eigenvalue weighted by molar-refractivity contribution is 6.42. The molecule has 0 bridgehead atoms. The molecule has 8 heteroatoms. The Morgan fingerprint density at radius 3 is 2.68 bits per heavy atom. The van der Waals surface area contributed by atoms with E-state index in [1.807, 2.05) is 4.90 Å². The molecule has 0 spiro atoms. The van der Waals surface area contributed by atoms with E-state index in [-0.39, 0.29) is 17.9 Å². The van der Waals surface area contributed by atoms with Gasteiger partial charge >= 0.3 is 0 Å². The molecular weight excluding hydrogens is 401 g/mol. The lowest BCUT2D eigenvalue weighted by molar-refractivity contribution is -0.130. The molecule has 6 nitrogen and oxygen atoms in total. The number of nitrogens with zero attached hydrogens (tertiary/aromatic N) is 3. The number of halogens is 2. The first-order valence-electron chi connectivity index (χ1n) is 9.52. The standard InChI is InChI=1S/C20H25Cl2N3O3/c21-17-3-1-15(13-18(17)22)2-4-19(27)24-8-6-20(28)25(12-11-24)10-9-23-7-5-16(26)14-23/h1-4,13,16,26H,5-12,14H2. The molecule has 152 valence electrons. The number of hydrogen-bond acceptors (Lipinski definition) is 4. The van der Waals surface area contributed by atoms with Gasteiger partial charge in [0.05, 0.1) is 16.1 Å². The van der Waals surface area contributed by atoms with Crippen molar-refractivity contribution in [3.05, 3.63) is 39.9 Å². The maximum absolute atomic E-state index is 12.5. The fourth-order valence-corrected chi connectivity index (χ4v) is 3.80. The van der Waals surface area contributed by atoms with Gasteiger partial charge in [0.1, 0.15) is 0 Å². The van der Waals surface area contributed by atoms with Crippen molar-refractivity contribution in [3.8, 4) is 0 Å². The zero-order chi connectivity index (χ0) is 20.1. The SMILES string of the molecule is O=C(C=Cc1ccc(Cl)c(Cl)c1)N1CCC(=O)N(CCN2CCC(O)C2)CC1. The first-order valence-corrected chi connectivity index (χ1v) is 10.3. The van der Waals surface area contributed by atoms with Gasteiger partial charge in [-0.3, -0.25) is 14.5 Å². The number of aliphatic hydroxyl groups excluding tert-OH is 1. The minimum absolute atomic E-state index is 0.0727. The van der Waals surface area contributed by atoms with Gasteiger partial charge in [-0.25, -0.2) is 0 Å². The summed E-state index contributed by atoms with van der Waals surface area (Å²) in [6.45, 7) is 4.39. The highest BCUT2D eigenvalue weighted by Gasteiger charge is 2.25. The van der Waals surface area contributed by atoms with Crippen molar-refractivity contribution in [1.82, 2.24) is 14.7 Å². The van der Waals surface area contributed by atoms with Crippen LogP contribution in [-0.4, -0.2) is 83.5 Å². The summed E-state index contributed by atoms with van der Waals surface area (Å²) >= 11 is 11.9. The predicted molar refractivity (Wildman–Crippen MR) is 110 cm³/mol. The van der Waals surface area contributed by atoms with E-state index < -0.39 is 0 Å². The highest BCUT2D eigenvalue weighted by atomic mass is 35.5. The van der Waals surface area contributed by atoms with Gasteiger partial charge in [-0.1, -0.05) is 29.3 Å². The van der Waals surface area contributed by atoms with Crippen LogP contribution in [0.4, 0.5) is 0 Å². The summed E-state index contributed by atoms with van der Waals surface area (Å²) in [6.07, 6.45) is 4.07. The Kier molecular flexibility index (Phi) is 7.35. The van der Waals surface area contributed by atoms with Crippen molar-refractivity contribution >= 4 is 41.1 Å². The van der Waals surface area contributed by atoms with Crippen molar-refractivity contribution in [2.45, 2.75) is 18.9 Å². The molecule has 2 amide bonds. The van der Waals surface area contributed by atoms with Crippen molar-refractivity contribution in [3.63, 3.8) is 0 Å². The maximum Gasteiger partial charge on any atom is 0.246 e. The molecule has 2 saturated heterocycles. The van der Waals surface area contributed by atoms with Crippen LogP contribution in [-0.2, 0) is 9.59 Å². The van der Waals surface area contributed by atoms with Gasteiger partial charge in [-0.15, -0.1) is 0 Å². The van der Waals surface area contributed by atoms with Crippen LogP contribution in [0.15, 0.2) is 24.3 Å². The third kappa shape index (κ3) is 5.70. The molecule has 2 fully saturated rings. The molecule has 1 aromatic carbocycles. The Morgan fingerprint density at radius 1 is 1.14 bits per heavy atom. The summed E-state index contributed by atoms with van der Waals surface area (Å²) in [6, 6.07) is 5.19. The molecule has 1 N–H and O–H groups in total. The number of rotatable bonds is 5. The first-order chi connectivity index (χ1) is 13.4. The van der Waals surface area contributed by atoms with E-state index in [4.69, 9.17) is 23.2 Å². The van der Waals surface area contributed by atoms with E-state index >= 15 is 0 Å². The summed E-state index contributed by atoms with van der Waals surface area (Å²) in [7, 11) is 0. The van der Waals surface area contributed by atoms with Crippen LogP contribution in [0.25, 0.3) is 6.08 Å². The van der Waals surface area contributed by atoms with Gasteiger partial charge < -0.3 is 14.9 Å². The minimum atomic E-state index is -0.254. The summed E-state index contributed by atoms with van der Waals surface area (Å²) in [5.74, 6) is -0.0492. The Balaban J connectivity index is 1.51. The fraction of sp³-hybridized carbons (Fsp3) is 0.500. The first kappa shape index (κ1) is 21.1. The zero-order valence-corrected chi connectivity index (χ0v) is 17.2. The van der Waals surface area contributed by atoms with Gasteiger partial charge in [-0.05, 0) is 30.2 Å². The number of carbonyl (C=O) groups excluding carboxylic acids is 2. The molecule has 1 atom stereocenters. The second kappa shape index (κ2) is 9.74. The number of aliphatic hydroxyl groups is 1. The largest absolute Gasteiger partial charge is 0.392 e. The highest BCUT2D eigenvalue weighted by Crippen LogP contribution is 2.23. The smallest absolute Gasteiger partial charge is 0.246 e. The van der Waals surface area contributed by atoms with E-state index in [0.717, 1.165) is 25.1 Å². The second-order valence-electron chi connectivity index (χ2n) is 7.21. The lowest BCUT2D eigenvalue weighted by atomic mass is 10.2. The van der Waals surface area contributed by atoms with Crippen LogP contribution in [0.1, 0.15) is 18.4 Å². The van der Waals surface area contributed by atoms with Gasteiger partial charge in [0.15, 0.2) is 0 Å². The molecule has 1 aromatic rings. The van der Waals surface area contributed by atoms with E-state index in [1.54, 1.807) is 29.2 Å². The summed E-state index contributed by atoms with van der Waals surface area (Å²) in [5, 5.41) is 10.5. The van der Waals surface area contributed by atoms with Crippen LogP contribution < -0.4 is 0 Å². The number of β-amino-alcohol motifs (C(OH)–C–C–N with tert-alkyl or cyclic N) is 1. The molecule has 2 aliphatic rings. The lowest BCUT2D eigenvalue weighted by Crippen LogP contribution is -2.39. The average Bonchev–Trinajstić information content (AvgIpc) is 3.00. The Labute approximate surface area is 175 Å². The van der Waals surface area contributed by atoms with E-state index in [1.165, 1.54) is 6.08 Å². The number of carbonyl (C=O) groups is 2. The number of hydrogen-bond donors (Lipinski definition) is 1. The Hall–Kier alpha value is -1.60. The quantitative estimate of drug-likeness (QED) is 0.733. The summed E-state index contributed by atoms with van der Waals surface area (Å²) < 4.78 is 0. The van der Waals surface area contributed by atoms with Crippen molar-refractivity contribution in [1.29, 1.82) is 0 Å². The maximum atomic E-state index is 12.5.